The molecular weight excluding hydrogens is 290 g/mol. The third-order valence-electron chi connectivity index (χ3n) is 4.42. The Bertz CT molecular complexity index is 563. The van der Waals surface area contributed by atoms with E-state index in [4.69, 9.17) is 16.3 Å². The van der Waals surface area contributed by atoms with Crippen molar-refractivity contribution < 1.29 is 14.6 Å². The van der Waals surface area contributed by atoms with Crippen LogP contribution in [0.5, 0.6) is 5.75 Å². The lowest BCUT2D eigenvalue weighted by molar-refractivity contribution is -0.127. The Labute approximate surface area is 129 Å². The average molecular weight is 310 g/mol. The lowest BCUT2D eigenvalue weighted by atomic mass is 9.84. The molecule has 2 unspecified atom stereocenters. The van der Waals surface area contributed by atoms with E-state index in [0.29, 0.717) is 42.5 Å². The molecule has 1 aromatic rings. The Morgan fingerprint density at radius 1 is 1.33 bits per heavy atom. The minimum atomic E-state index is -0.671. The molecule has 1 saturated heterocycles. The van der Waals surface area contributed by atoms with Crippen LogP contribution in [0, 0.1) is 0 Å². The number of likely N-dealkylation sites (tertiary alicyclic amines) is 1. The van der Waals surface area contributed by atoms with Crippen LogP contribution in [0.15, 0.2) is 18.2 Å². The standard InChI is InChI=1S/C16H20ClNO3/c1-16(2)15(18-7-5-11(19)6-8-18)14(20)12-9-10(17)3-4-13(12)21-16/h3-4,9,14-15,20H,5-8H2,1-2H3. The number of benzene rings is 1. The van der Waals surface area contributed by atoms with Crippen LogP contribution >= 0.6 is 11.6 Å². The number of aliphatic hydroxyl groups excluding tert-OH is 1. The minimum Gasteiger partial charge on any atom is -0.486 e. The maximum Gasteiger partial charge on any atom is 0.135 e. The summed E-state index contributed by atoms with van der Waals surface area (Å²) in [5, 5.41) is 11.4. The van der Waals surface area contributed by atoms with E-state index >= 15 is 0 Å². The van der Waals surface area contributed by atoms with Gasteiger partial charge in [0.1, 0.15) is 23.2 Å². The number of fused-ring (bicyclic) bond motifs is 1. The van der Waals surface area contributed by atoms with Crippen molar-refractivity contribution in [1.82, 2.24) is 4.90 Å². The summed E-state index contributed by atoms with van der Waals surface area (Å²) in [5.41, 5.74) is 0.199. The van der Waals surface area contributed by atoms with Gasteiger partial charge in [-0.3, -0.25) is 9.69 Å². The summed E-state index contributed by atoms with van der Waals surface area (Å²) in [7, 11) is 0. The van der Waals surface area contributed by atoms with Gasteiger partial charge >= 0.3 is 0 Å². The quantitative estimate of drug-likeness (QED) is 0.866. The molecule has 2 aliphatic rings. The van der Waals surface area contributed by atoms with E-state index in [1.54, 1.807) is 18.2 Å². The van der Waals surface area contributed by atoms with Crippen LogP contribution < -0.4 is 4.74 Å². The van der Waals surface area contributed by atoms with Gasteiger partial charge in [-0.25, -0.2) is 0 Å². The van der Waals surface area contributed by atoms with Gasteiger partial charge in [0.15, 0.2) is 0 Å². The van der Waals surface area contributed by atoms with Crippen molar-refractivity contribution in [1.29, 1.82) is 0 Å². The molecule has 0 aromatic heterocycles. The Hall–Kier alpha value is -1.10. The van der Waals surface area contributed by atoms with Crippen LogP contribution in [-0.4, -0.2) is 40.5 Å². The van der Waals surface area contributed by atoms with Crippen molar-refractivity contribution in [3.8, 4) is 5.75 Å². The summed E-state index contributed by atoms with van der Waals surface area (Å²) in [6.45, 7) is 5.30. The molecule has 0 radical (unpaired) electrons. The molecule has 114 valence electrons. The van der Waals surface area contributed by atoms with Gasteiger partial charge in [-0.15, -0.1) is 0 Å². The highest BCUT2D eigenvalue weighted by atomic mass is 35.5. The van der Waals surface area contributed by atoms with E-state index in [1.807, 2.05) is 13.8 Å². The molecule has 21 heavy (non-hydrogen) atoms. The predicted octanol–water partition coefficient (Wildman–Crippen LogP) is 2.58. The van der Waals surface area contributed by atoms with Crippen molar-refractivity contribution in [3.63, 3.8) is 0 Å². The molecule has 2 heterocycles. The number of rotatable bonds is 1. The van der Waals surface area contributed by atoms with Gasteiger partial charge in [0, 0.05) is 36.5 Å². The zero-order valence-corrected chi connectivity index (χ0v) is 13.1. The van der Waals surface area contributed by atoms with Gasteiger partial charge in [-0.1, -0.05) is 11.6 Å². The molecule has 1 N–H and O–H groups in total. The topological polar surface area (TPSA) is 49.8 Å². The lowest BCUT2D eigenvalue weighted by Crippen LogP contribution is -2.59. The van der Waals surface area contributed by atoms with Gasteiger partial charge in [0.2, 0.25) is 0 Å². The molecule has 3 rings (SSSR count). The summed E-state index contributed by atoms with van der Waals surface area (Å²) in [6.07, 6.45) is 0.416. The number of piperidine rings is 1. The number of carbonyl (C=O) groups excluding carboxylic acids is 1. The number of aliphatic hydroxyl groups is 1. The first-order chi connectivity index (χ1) is 9.88. The second-order valence-electron chi connectivity index (χ2n) is 6.35. The number of carbonyl (C=O) groups is 1. The van der Waals surface area contributed by atoms with Gasteiger partial charge in [0.05, 0.1) is 6.04 Å². The van der Waals surface area contributed by atoms with Gasteiger partial charge in [0.25, 0.3) is 0 Å². The van der Waals surface area contributed by atoms with Crippen molar-refractivity contribution in [2.75, 3.05) is 13.1 Å². The number of hydrogen-bond acceptors (Lipinski definition) is 4. The molecule has 0 spiro atoms. The Morgan fingerprint density at radius 2 is 2.00 bits per heavy atom. The molecule has 2 aliphatic heterocycles. The molecule has 0 aliphatic carbocycles. The van der Waals surface area contributed by atoms with E-state index in [0.717, 1.165) is 5.56 Å². The van der Waals surface area contributed by atoms with Crippen LogP contribution in [0.2, 0.25) is 5.02 Å². The Balaban J connectivity index is 1.94. The van der Waals surface area contributed by atoms with Crippen LogP contribution in [0.25, 0.3) is 0 Å². The average Bonchev–Trinajstić information content (AvgIpc) is 2.41. The number of ether oxygens (including phenoxy) is 1. The number of ketones is 1. The normalized spacial score (nSPS) is 28.9. The van der Waals surface area contributed by atoms with Crippen molar-refractivity contribution in [2.24, 2.45) is 0 Å². The SMILES string of the molecule is CC1(C)Oc2ccc(Cl)cc2C(O)C1N1CCC(=O)CC1. The summed E-state index contributed by atoms with van der Waals surface area (Å²) in [6, 6.07) is 5.15. The fourth-order valence-corrected chi connectivity index (χ4v) is 3.61. The second kappa shape index (κ2) is 5.27. The third kappa shape index (κ3) is 2.68. The fourth-order valence-electron chi connectivity index (χ4n) is 3.43. The summed E-state index contributed by atoms with van der Waals surface area (Å²) in [5.74, 6) is 0.972. The largest absolute Gasteiger partial charge is 0.486 e. The highest BCUT2D eigenvalue weighted by Crippen LogP contribution is 2.43. The third-order valence-corrected chi connectivity index (χ3v) is 4.66. The van der Waals surface area contributed by atoms with E-state index in [1.165, 1.54) is 0 Å². The van der Waals surface area contributed by atoms with Crippen LogP contribution in [0.4, 0.5) is 0 Å². The molecule has 4 nitrogen and oxygen atoms in total. The highest BCUT2D eigenvalue weighted by Gasteiger charge is 2.46. The van der Waals surface area contributed by atoms with Crippen LogP contribution in [0.3, 0.4) is 0 Å². The van der Waals surface area contributed by atoms with Crippen LogP contribution in [0.1, 0.15) is 38.4 Å². The van der Waals surface area contributed by atoms with Crippen molar-refractivity contribution in [2.45, 2.75) is 44.4 Å². The first-order valence-corrected chi connectivity index (χ1v) is 7.68. The molecule has 2 atom stereocenters. The molecule has 1 aromatic carbocycles. The number of Topliss-reactive ketones (excluding diaryl/α,β-unsaturated/α-hetero) is 1. The van der Waals surface area contributed by atoms with Crippen molar-refractivity contribution >= 4 is 17.4 Å². The van der Waals surface area contributed by atoms with E-state index in [2.05, 4.69) is 4.90 Å². The first-order valence-electron chi connectivity index (χ1n) is 7.31. The molecule has 0 bridgehead atoms. The minimum absolute atomic E-state index is 0.184. The van der Waals surface area contributed by atoms with Crippen LogP contribution in [-0.2, 0) is 4.79 Å². The molecule has 0 amide bonds. The van der Waals surface area contributed by atoms with Gasteiger partial charge in [-0.05, 0) is 32.0 Å². The highest BCUT2D eigenvalue weighted by molar-refractivity contribution is 6.30. The second-order valence-corrected chi connectivity index (χ2v) is 6.79. The van der Waals surface area contributed by atoms with E-state index in [-0.39, 0.29) is 6.04 Å². The Morgan fingerprint density at radius 3 is 2.67 bits per heavy atom. The zero-order valence-electron chi connectivity index (χ0n) is 12.3. The lowest BCUT2D eigenvalue weighted by Gasteiger charge is -2.49. The van der Waals surface area contributed by atoms with E-state index < -0.39 is 11.7 Å². The molecular formula is C16H20ClNO3. The van der Waals surface area contributed by atoms with Gasteiger partial charge in [-0.2, -0.15) is 0 Å². The molecule has 5 heteroatoms. The number of hydrogen-bond donors (Lipinski definition) is 1. The van der Waals surface area contributed by atoms with Gasteiger partial charge < -0.3 is 9.84 Å². The summed E-state index contributed by atoms with van der Waals surface area (Å²) in [4.78, 5) is 13.6. The number of nitrogens with zero attached hydrogens (tertiary/aromatic N) is 1. The summed E-state index contributed by atoms with van der Waals surface area (Å²) >= 11 is 6.04. The Kier molecular flexibility index (Phi) is 3.72. The van der Waals surface area contributed by atoms with E-state index in [9.17, 15) is 9.90 Å². The fraction of sp³-hybridized carbons (Fsp3) is 0.562. The first kappa shape index (κ1) is 14.8. The summed E-state index contributed by atoms with van der Waals surface area (Å²) < 4.78 is 6.09. The monoisotopic (exact) mass is 309 g/mol. The van der Waals surface area contributed by atoms with Crippen molar-refractivity contribution in [3.05, 3.63) is 28.8 Å². The molecule has 1 fully saturated rings. The molecule has 0 saturated carbocycles. The maximum absolute atomic E-state index is 11.4. The smallest absolute Gasteiger partial charge is 0.135 e. The zero-order chi connectivity index (χ0) is 15.2. The number of halogens is 1. The predicted molar refractivity (Wildman–Crippen MR) is 80.7 cm³/mol. The maximum atomic E-state index is 11.4.